The van der Waals surface area contributed by atoms with Gasteiger partial charge >= 0.3 is 0 Å². The Labute approximate surface area is 159 Å². The molecule has 7 heteroatoms. The van der Waals surface area contributed by atoms with Gasteiger partial charge < -0.3 is 24.6 Å². The van der Waals surface area contributed by atoms with Gasteiger partial charge in [0.2, 0.25) is 11.8 Å². The monoisotopic (exact) mass is 373 g/mol. The number of rotatable bonds is 4. The molecule has 146 valence electrons. The predicted molar refractivity (Wildman–Crippen MR) is 102 cm³/mol. The van der Waals surface area contributed by atoms with Gasteiger partial charge in [-0.3, -0.25) is 9.59 Å². The number of ether oxygens (including phenoxy) is 2. The van der Waals surface area contributed by atoms with Gasteiger partial charge in [0, 0.05) is 51.4 Å². The summed E-state index contributed by atoms with van der Waals surface area (Å²) in [6.45, 7) is 2.39. The van der Waals surface area contributed by atoms with Crippen LogP contribution in [-0.4, -0.2) is 62.9 Å². The molecule has 0 bridgehead atoms. The fourth-order valence-electron chi connectivity index (χ4n) is 3.90. The van der Waals surface area contributed by atoms with E-state index in [4.69, 9.17) is 9.47 Å². The van der Waals surface area contributed by atoms with E-state index >= 15 is 0 Å². The first-order valence-corrected chi connectivity index (χ1v) is 9.60. The summed E-state index contributed by atoms with van der Waals surface area (Å²) in [7, 11) is 3.94. The number of carbonyl (C=O) groups is 2. The SMILES string of the molecule is CN(C)c1ccc(NC(=O)C2(C(=O)N3CCC4(CC3)OCCO4)CC2)cc1. The Morgan fingerprint density at radius 2 is 1.59 bits per heavy atom. The first-order valence-electron chi connectivity index (χ1n) is 9.60. The fraction of sp³-hybridized carbons (Fsp3) is 0.600. The summed E-state index contributed by atoms with van der Waals surface area (Å²) in [6.07, 6.45) is 2.56. The summed E-state index contributed by atoms with van der Waals surface area (Å²) >= 11 is 0. The summed E-state index contributed by atoms with van der Waals surface area (Å²) in [5, 5.41) is 2.93. The van der Waals surface area contributed by atoms with Gasteiger partial charge in [0.05, 0.1) is 13.2 Å². The van der Waals surface area contributed by atoms with Crippen LogP contribution in [0.3, 0.4) is 0 Å². The largest absolute Gasteiger partial charge is 0.378 e. The number of nitrogens with one attached hydrogen (secondary N) is 1. The number of amides is 2. The average Bonchev–Trinajstić information content (AvgIpc) is 3.37. The smallest absolute Gasteiger partial charge is 0.240 e. The van der Waals surface area contributed by atoms with Gasteiger partial charge in [-0.25, -0.2) is 0 Å². The lowest BCUT2D eigenvalue weighted by Gasteiger charge is -2.38. The molecule has 3 fully saturated rings. The van der Waals surface area contributed by atoms with Gasteiger partial charge in [-0.1, -0.05) is 0 Å². The van der Waals surface area contributed by atoms with Crippen molar-refractivity contribution in [1.82, 2.24) is 4.90 Å². The number of carbonyl (C=O) groups excluding carboxylic acids is 2. The minimum atomic E-state index is -0.901. The number of anilines is 2. The van der Waals surface area contributed by atoms with Crippen molar-refractivity contribution >= 4 is 23.2 Å². The number of hydrogen-bond acceptors (Lipinski definition) is 5. The molecule has 2 amide bonds. The molecule has 1 N–H and O–H groups in total. The zero-order valence-corrected chi connectivity index (χ0v) is 16.0. The van der Waals surface area contributed by atoms with Crippen molar-refractivity contribution in [3.05, 3.63) is 24.3 Å². The molecule has 0 radical (unpaired) electrons. The Balaban J connectivity index is 1.38. The minimum absolute atomic E-state index is 0.0576. The second kappa shape index (κ2) is 6.80. The number of hydrogen-bond donors (Lipinski definition) is 1. The highest BCUT2D eigenvalue weighted by molar-refractivity contribution is 6.13. The zero-order valence-electron chi connectivity index (χ0n) is 16.0. The summed E-state index contributed by atoms with van der Waals surface area (Å²) < 4.78 is 11.4. The van der Waals surface area contributed by atoms with E-state index in [2.05, 4.69) is 5.32 Å². The molecular formula is C20H27N3O4. The van der Waals surface area contributed by atoms with Gasteiger partial charge in [-0.2, -0.15) is 0 Å². The Bertz CT molecular complexity index is 711. The first-order chi connectivity index (χ1) is 12.9. The lowest BCUT2D eigenvalue weighted by molar-refractivity contribution is -0.188. The number of piperidine rings is 1. The molecular weight excluding hydrogens is 346 g/mol. The van der Waals surface area contributed by atoms with Crippen LogP contribution in [0.25, 0.3) is 0 Å². The average molecular weight is 373 g/mol. The maximum atomic E-state index is 13.0. The lowest BCUT2D eigenvalue weighted by Crippen LogP contribution is -2.51. The first kappa shape index (κ1) is 18.3. The van der Waals surface area contributed by atoms with Gasteiger partial charge in [0.1, 0.15) is 5.41 Å². The van der Waals surface area contributed by atoms with Gasteiger partial charge in [0.25, 0.3) is 0 Å². The third kappa shape index (κ3) is 3.41. The molecule has 4 rings (SSSR count). The van der Waals surface area contributed by atoms with Crippen molar-refractivity contribution in [3.63, 3.8) is 0 Å². The van der Waals surface area contributed by atoms with E-state index in [0.29, 0.717) is 52.0 Å². The molecule has 7 nitrogen and oxygen atoms in total. The van der Waals surface area contributed by atoms with Crippen LogP contribution in [0.4, 0.5) is 11.4 Å². The molecule has 1 saturated carbocycles. The molecule has 0 aromatic heterocycles. The summed E-state index contributed by atoms with van der Waals surface area (Å²) in [5.74, 6) is -0.763. The predicted octanol–water partition coefficient (Wildman–Crippen LogP) is 1.84. The van der Waals surface area contributed by atoms with Crippen molar-refractivity contribution in [1.29, 1.82) is 0 Å². The van der Waals surface area contributed by atoms with Crippen LogP contribution in [0, 0.1) is 5.41 Å². The molecule has 2 heterocycles. The Morgan fingerprint density at radius 3 is 2.11 bits per heavy atom. The van der Waals surface area contributed by atoms with Crippen molar-refractivity contribution in [2.75, 3.05) is 50.6 Å². The van der Waals surface area contributed by atoms with E-state index in [1.165, 1.54) is 0 Å². The van der Waals surface area contributed by atoms with Crippen LogP contribution >= 0.6 is 0 Å². The van der Waals surface area contributed by atoms with Crippen molar-refractivity contribution < 1.29 is 19.1 Å². The molecule has 2 saturated heterocycles. The Kier molecular flexibility index (Phi) is 4.60. The number of benzene rings is 1. The second-order valence-corrected chi connectivity index (χ2v) is 7.88. The molecule has 0 unspecified atom stereocenters. The summed E-state index contributed by atoms with van der Waals surface area (Å²) in [6, 6.07) is 7.63. The van der Waals surface area contributed by atoms with E-state index in [1.807, 2.05) is 43.3 Å². The molecule has 2 aliphatic heterocycles. The van der Waals surface area contributed by atoms with E-state index in [-0.39, 0.29) is 11.8 Å². The highest BCUT2D eigenvalue weighted by atomic mass is 16.7. The van der Waals surface area contributed by atoms with E-state index < -0.39 is 11.2 Å². The normalized spacial score (nSPS) is 22.5. The minimum Gasteiger partial charge on any atom is -0.378 e. The van der Waals surface area contributed by atoms with Gasteiger partial charge in [-0.15, -0.1) is 0 Å². The van der Waals surface area contributed by atoms with Crippen LogP contribution in [-0.2, 0) is 19.1 Å². The third-order valence-electron chi connectivity index (χ3n) is 5.86. The third-order valence-corrected chi connectivity index (χ3v) is 5.86. The summed E-state index contributed by atoms with van der Waals surface area (Å²) in [5.41, 5.74) is 0.876. The highest BCUT2D eigenvalue weighted by Gasteiger charge is 2.58. The van der Waals surface area contributed by atoms with Crippen LogP contribution < -0.4 is 10.2 Å². The highest BCUT2D eigenvalue weighted by Crippen LogP contribution is 2.49. The van der Waals surface area contributed by atoms with Crippen LogP contribution in [0.1, 0.15) is 25.7 Å². The Hall–Kier alpha value is -2.12. The number of likely N-dealkylation sites (tertiary alicyclic amines) is 1. The van der Waals surface area contributed by atoms with Crippen LogP contribution in [0.2, 0.25) is 0 Å². The molecule has 1 aliphatic carbocycles. The number of nitrogens with zero attached hydrogens (tertiary/aromatic N) is 2. The molecule has 1 spiro atoms. The maximum absolute atomic E-state index is 13.0. The Morgan fingerprint density at radius 1 is 1.00 bits per heavy atom. The van der Waals surface area contributed by atoms with E-state index in [0.717, 1.165) is 11.4 Å². The van der Waals surface area contributed by atoms with Crippen molar-refractivity contribution in [3.8, 4) is 0 Å². The van der Waals surface area contributed by atoms with E-state index in [1.54, 1.807) is 4.90 Å². The van der Waals surface area contributed by atoms with Gasteiger partial charge in [0.15, 0.2) is 5.79 Å². The quantitative estimate of drug-likeness (QED) is 0.816. The van der Waals surface area contributed by atoms with Crippen molar-refractivity contribution in [2.45, 2.75) is 31.5 Å². The van der Waals surface area contributed by atoms with Gasteiger partial charge in [-0.05, 0) is 37.1 Å². The van der Waals surface area contributed by atoms with Crippen LogP contribution in [0.15, 0.2) is 24.3 Å². The molecule has 1 aromatic rings. The van der Waals surface area contributed by atoms with Crippen molar-refractivity contribution in [2.24, 2.45) is 5.41 Å². The standard InChI is InChI=1S/C20H27N3O4/c1-22(2)16-5-3-15(4-6-16)21-17(24)19(7-8-19)18(25)23-11-9-20(10-12-23)26-13-14-27-20/h3-6H,7-14H2,1-2H3,(H,21,24). The van der Waals surface area contributed by atoms with Crippen LogP contribution in [0.5, 0.6) is 0 Å². The molecule has 3 aliphatic rings. The second-order valence-electron chi connectivity index (χ2n) is 7.88. The molecule has 0 atom stereocenters. The van der Waals surface area contributed by atoms with E-state index in [9.17, 15) is 9.59 Å². The topological polar surface area (TPSA) is 71.1 Å². The summed E-state index contributed by atoms with van der Waals surface area (Å²) in [4.78, 5) is 29.7. The molecule has 27 heavy (non-hydrogen) atoms. The lowest BCUT2D eigenvalue weighted by atomic mass is 9.98. The maximum Gasteiger partial charge on any atom is 0.240 e. The molecule has 1 aromatic carbocycles. The zero-order chi connectivity index (χ0) is 19.1. The fourth-order valence-corrected chi connectivity index (χ4v) is 3.90.